The van der Waals surface area contributed by atoms with E-state index < -0.39 is 12.0 Å². The van der Waals surface area contributed by atoms with E-state index in [4.69, 9.17) is 14.2 Å². The van der Waals surface area contributed by atoms with E-state index in [1.54, 1.807) is 62.2 Å². The van der Waals surface area contributed by atoms with Crippen LogP contribution in [0.1, 0.15) is 37.9 Å². The van der Waals surface area contributed by atoms with E-state index in [1.165, 1.54) is 11.3 Å². The molecule has 176 valence electrons. The molecule has 3 aromatic rings. The van der Waals surface area contributed by atoms with Gasteiger partial charge in [0, 0.05) is 12.4 Å². The average Bonchev–Trinajstić information content (AvgIpc) is 3.13. The van der Waals surface area contributed by atoms with Gasteiger partial charge in [-0.25, -0.2) is 9.79 Å². The molecule has 0 aliphatic carbocycles. The number of carbonyl (C=O) groups excluding carboxylic acids is 1. The van der Waals surface area contributed by atoms with E-state index in [1.807, 2.05) is 19.1 Å². The van der Waals surface area contributed by atoms with E-state index >= 15 is 0 Å². The molecule has 1 aliphatic heterocycles. The smallest absolute Gasteiger partial charge is 0.338 e. The van der Waals surface area contributed by atoms with Gasteiger partial charge in [-0.2, -0.15) is 0 Å². The maximum atomic E-state index is 13.6. The molecule has 0 spiro atoms. The van der Waals surface area contributed by atoms with Gasteiger partial charge in [-0.1, -0.05) is 23.5 Å². The lowest BCUT2D eigenvalue weighted by Gasteiger charge is -2.25. The molecular formula is C25H25N3O5S. The third-order valence-electron chi connectivity index (χ3n) is 5.30. The van der Waals surface area contributed by atoms with Crippen LogP contribution in [-0.4, -0.2) is 35.8 Å². The van der Waals surface area contributed by atoms with E-state index in [0.29, 0.717) is 44.3 Å². The number of ether oxygens (including phenoxy) is 3. The van der Waals surface area contributed by atoms with Gasteiger partial charge in [0.25, 0.3) is 5.56 Å². The van der Waals surface area contributed by atoms with Crippen molar-refractivity contribution in [2.75, 3.05) is 20.3 Å². The van der Waals surface area contributed by atoms with E-state index in [0.717, 1.165) is 5.56 Å². The van der Waals surface area contributed by atoms with Crippen molar-refractivity contribution < 1.29 is 19.0 Å². The maximum Gasteiger partial charge on any atom is 0.338 e. The molecule has 0 fully saturated rings. The molecule has 0 unspecified atom stereocenters. The predicted molar refractivity (Wildman–Crippen MR) is 129 cm³/mol. The molecule has 1 atom stereocenters. The van der Waals surface area contributed by atoms with Crippen molar-refractivity contribution in [2.45, 2.75) is 26.8 Å². The number of aromatic nitrogens is 2. The third kappa shape index (κ3) is 4.38. The molecule has 34 heavy (non-hydrogen) atoms. The Kier molecular flexibility index (Phi) is 6.93. The van der Waals surface area contributed by atoms with Crippen LogP contribution in [0.2, 0.25) is 0 Å². The van der Waals surface area contributed by atoms with Gasteiger partial charge in [0.15, 0.2) is 16.3 Å². The fourth-order valence-electron chi connectivity index (χ4n) is 3.85. The number of nitrogens with zero attached hydrogens (tertiary/aromatic N) is 3. The highest BCUT2D eigenvalue weighted by molar-refractivity contribution is 7.07. The van der Waals surface area contributed by atoms with Crippen molar-refractivity contribution >= 4 is 23.4 Å². The van der Waals surface area contributed by atoms with Crippen molar-refractivity contribution in [3.8, 4) is 11.5 Å². The van der Waals surface area contributed by atoms with Crippen LogP contribution >= 0.6 is 11.3 Å². The second-order valence-electron chi connectivity index (χ2n) is 7.43. The Balaban J connectivity index is 1.97. The molecule has 0 N–H and O–H groups in total. The van der Waals surface area contributed by atoms with E-state index in [9.17, 15) is 9.59 Å². The number of hydrogen-bond acceptors (Lipinski definition) is 8. The standard InChI is InChI=1S/C25H25N3O5S/c1-5-32-19-13-17(9-10-18(19)31-4)22-21(24(30)33-6-2)15(3)27-25-28(22)23(29)20(34-25)12-16-8-7-11-26-14-16/h7-14,22H,5-6H2,1-4H3/t22-/m1/s1. The minimum absolute atomic E-state index is 0.209. The number of fused-ring (bicyclic) bond motifs is 1. The minimum Gasteiger partial charge on any atom is -0.493 e. The summed E-state index contributed by atoms with van der Waals surface area (Å²) < 4.78 is 18.5. The molecule has 8 nitrogen and oxygen atoms in total. The summed E-state index contributed by atoms with van der Waals surface area (Å²) in [5, 5.41) is 0. The van der Waals surface area contributed by atoms with Crippen LogP contribution in [0.4, 0.5) is 0 Å². The summed E-state index contributed by atoms with van der Waals surface area (Å²) in [6, 6.07) is 8.34. The van der Waals surface area contributed by atoms with Gasteiger partial charge in [0.1, 0.15) is 0 Å². The van der Waals surface area contributed by atoms with Crippen LogP contribution in [0, 0.1) is 0 Å². The van der Waals surface area contributed by atoms with Crippen molar-refractivity contribution in [3.05, 3.63) is 84.8 Å². The number of hydrogen-bond donors (Lipinski definition) is 0. The number of carbonyl (C=O) groups is 1. The van der Waals surface area contributed by atoms with Gasteiger partial charge in [-0.15, -0.1) is 0 Å². The number of pyridine rings is 1. The SMILES string of the molecule is CCOC(=O)C1=C(C)N=c2sc(=Cc3cccnc3)c(=O)n2[C@@H]1c1ccc(OC)c(OCC)c1. The Bertz CT molecular complexity index is 1420. The van der Waals surface area contributed by atoms with Crippen LogP contribution in [0.5, 0.6) is 11.5 Å². The van der Waals surface area contributed by atoms with Crippen LogP contribution in [0.25, 0.3) is 6.08 Å². The van der Waals surface area contributed by atoms with E-state index in [2.05, 4.69) is 9.98 Å². The first-order chi connectivity index (χ1) is 16.5. The second kappa shape index (κ2) is 10.0. The number of rotatable bonds is 7. The van der Waals surface area contributed by atoms with Gasteiger partial charge in [0.2, 0.25) is 0 Å². The fourth-order valence-corrected chi connectivity index (χ4v) is 4.90. The van der Waals surface area contributed by atoms with Gasteiger partial charge in [0.05, 0.1) is 42.2 Å². The number of allylic oxidation sites excluding steroid dienone is 1. The lowest BCUT2D eigenvalue weighted by atomic mass is 9.95. The second-order valence-corrected chi connectivity index (χ2v) is 8.44. The number of benzene rings is 1. The molecule has 9 heteroatoms. The van der Waals surface area contributed by atoms with Gasteiger partial charge < -0.3 is 14.2 Å². The van der Waals surface area contributed by atoms with Gasteiger partial charge in [-0.3, -0.25) is 14.3 Å². The quantitative estimate of drug-likeness (QED) is 0.484. The van der Waals surface area contributed by atoms with Crippen LogP contribution in [0.3, 0.4) is 0 Å². The zero-order chi connectivity index (χ0) is 24.2. The summed E-state index contributed by atoms with van der Waals surface area (Å²) in [5.41, 5.74) is 2.06. The summed E-state index contributed by atoms with van der Waals surface area (Å²) in [5.74, 6) is 0.579. The Morgan fingerprint density at radius 2 is 2.03 bits per heavy atom. The third-order valence-corrected chi connectivity index (χ3v) is 6.29. The first-order valence-corrected chi connectivity index (χ1v) is 11.7. The van der Waals surface area contributed by atoms with Crippen LogP contribution < -0.4 is 24.4 Å². The molecule has 1 aromatic carbocycles. The van der Waals surface area contributed by atoms with Gasteiger partial charge >= 0.3 is 5.97 Å². The van der Waals surface area contributed by atoms with Crippen molar-refractivity contribution in [3.63, 3.8) is 0 Å². The molecule has 0 bridgehead atoms. The molecule has 1 aliphatic rings. The highest BCUT2D eigenvalue weighted by atomic mass is 32.1. The topological polar surface area (TPSA) is 92.0 Å². The Hall–Kier alpha value is -3.72. The summed E-state index contributed by atoms with van der Waals surface area (Å²) in [6.07, 6.45) is 5.13. The normalized spacial score (nSPS) is 15.5. The Labute approximate surface area is 200 Å². The summed E-state index contributed by atoms with van der Waals surface area (Å²) in [7, 11) is 1.56. The molecule has 0 saturated carbocycles. The molecule has 4 rings (SSSR count). The Morgan fingerprint density at radius 1 is 1.21 bits per heavy atom. The van der Waals surface area contributed by atoms with Crippen LogP contribution in [0.15, 0.2) is 63.8 Å². The zero-order valence-corrected chi connectivity index (χ0v) is 20.2. The van der Waals surface area contributed by atoms with Crippen LogP contribution in [-0.2, 0) is 9.53 Å². The molecule has 0 radical (unpaired) electrons. The minimum atomic E-state index is -0.725. The summed E-state index contributed by atoms with van der Waals surface area (Å²) >= 11 is 1.27. The first-order valence-electron chi connectivity index (χ1n) is 10.9. The predicted octanol–water partition coefficient (Wildman–Crippen LogP) is 2.60. The molecular weight excluding hydrogens is 454 g/mol. The summed E-state index contributed by atoms with van der Waals surface area (Å²) in [4.78, 5) is 35.8. The first kappa shape index (κ1) is 23.4. The van der Waals surface area contributed by atoms with Crippen molar-refractivity contribution in [1.82, 2.24) is 9.55 Å². The lowest BCUT2D eigenvalue weighted by molar-refractivity contribution is -0.139. The number of thiazole rings is 1. The summed E-state index contributed by atoms with van der Waals surface area (Å²) in [6.45, 7) is 6.02. The number of methoxy groups -OCH3 is 1. The molecule has 0 amide bonds. The maximum absolute atomic E-state index is 13.6. The molecule has 3 heterocycles. The van der Waals surface area contributed by atoms with Crippen molar-refractivity contribution in [2.24, 2.45) is 4.99 Å². The molecule has 0 saturated heterocycles. The Morgan fingerprint density at radius 3 is 2.71 bits per heavy atom. The monoisotopic (exact) mass is 479 g/mol. The number of esters is 1. The highest BCUT2D eigenvalue weighted by Gasteiger charge is 2.33. The average molecular weight is 480 g/mol. The largest absolute Gasteiger partial charge is 0.493 e. The fraction of sp³-hybridized carbons (Fsp3) is 0.280. The van der Waals surface area contributed by atoms with Gasteiger partial charge in [-0.05, 0) is 56.2 Å². The van der Waals surface area contributed by atoms with Crippen molar-refractivity contribution in [1.29, 1.82) is 0 Å². The van der Waals surface area contributed by atoms with E-state index in [-0.39, 0.29) is 12.2 Å². The zero-order valence-electron chi connectivity index (χ0n) is 19.4. The molecule has 2 aromatic heterocycles. The lowest BCUT2D eigenvalue weighted by Crippen LogP contribution is -2.40. The highest BCUT2D eigenvalue weighted by Crippen LogP contribution is 2.36.